The van der Waals surface area contributed by atoms with Crippen LogP contribution in [0.4, 0.5) is 5.69 Å². The monoisotopic (exact) mass is 387 g/mol. The van der Waals surface area contributed by atoms with Crippen molar-refractivity contribution in [2.75, 3.05) is 5.32 Å². The number of ketones is 1. The molecule has 0 radical (unpaired) electrons. The first kappa shape index (κ1) is 17.0. The summed E-state index contributed by atoms with van der Waals surface area (Å²) < 4.78 is 6.07. The van der Waals surface area contributed by atoms with Gasteiger partial charge in [-0.05, 0) is 36.8 Å². The summed E-state index contributed by atoms with van der Waals surface area (Å²) >= 11 is 5.13. The molecule has 1 aliphatic heterocycles. The van der Waals surface area contributed by atoms with Crippen molar-refractivity contribution in [2.24, 2.45) is 0 Å². The molecule has 0 fully saturated rings. The Morgan fingerprint density at radius 3 is 2.61 bits per heavy atom. The van der Waals surface area contributed by atoms with E-state index < -0.39 is 5.41 Å². The number of para-hydroxylation sites is 1. The first-order valence-electron chi connectivity index (χ1n) is 9.05. The quantitative estimate of drug-likeness (QED) is 0.564. The van der Waals surface area contributed by atoms with Crippen molar-refractivity contribution in [1.82, 2.24) is 0 Å². The number of carbonyl (C=O) groups is 1. The van der Waals surface area contributed by atoms with E-state index in [9.17, 15) is 9.90 Å². The van der Waals surface area contributed by atoms with Gasteiger partial charge in [-0.15, -0.1) is 0 Å². The number of nitrogens with one attached hydrogen (secondary N) is 1. The molecule has 0 saturated carbocycles. The second-order valence-electron chi connectivity index (χ2n) is 7.23. The zero-order chi connectivity index (χ0) is 19.5. The molecule has 0 aromatic heterocycles. The third-order valence-corrected chi connectivity index (χ3v) is 5.62. The normalized spacial score (nSPS) is 18.8. The van der Waals surface area contributed by atoms with Crippen molar-refractivity contribution in [3.63, 3.8) is 0 Å². The molecule has 1 aliphatic carbocycles. The van der Waals surface area contributed by atoms with Gasteiger partial charge >= 0.3 is 0 Å². The molecule has 138 valence electrons. The van der Waals surface area contributed by atoms with Crippen LogP contribution in [0.5, 0.6) is 17.2 Å². The maximum Gasteiger partial charge on any atom is 0.164 e. The minimum absolute atomic E-state index is 0.0800. The molecule has 0 amide bonds. The van der Waals surface area contributed by atoms with Gasteiger partial charge in [-0.25, -0.2) is 0 Å². The Labute approximate surface area is 167 Å². The number of Topliss-reactive ketones (excluding diaryl/α,β-unsaturated/α-hetero) is 1. The zero-order valence-electron chi connectivity index (χ0n) is 15.2. The predicted molar refractivity (Wildman–Crippen MR) is 112 cm³/mol. The molecule has 1 spiro atoms. The van der Waals surface area contributed by atoms with Crippen LogP contribution in [0.2, 0.25) is 0 Å². The highest BCUT2D eigenvalue weighted by atomic mass is 32.1. The summed E-state index contributed by atoms with van der Waals surface area (Å²) in [6, 6.07) is 18.7. The maximum absolute atomic E-state index is 13.1. The summed E-state index contributed by atoms with van der Waals surface area (Å²) in [5.74, 6) is 1.50. The van der Waals surface area contributed by atoms with E-state index in [0.29, 0.717) is 28.5 Å². The Hall–Kier alpha value is -3.18. The fourth-order valence-corrected chi connectivity index (χ4v) is 4.58. The fourth-order valence-electron chi connectivity index (χ4n) is 4.46. The first-order valence-corrected chi connectivity index (χ1v) is 9.46. The second kappa shape index (κ2) is 5.91. The van der Waals surface area contributed by atoms with Crippen LogP contribution in [0.1, 0.15) is 40.4 Å². The second-order valence-corrected chi connectivity index (χ2v) is 7.84. The van der Waals surface area contributed by atoms with E-state index >= 15 is 0 Å². The van der Waals surface area contributed by atoms with Gasteiger partial charge in [-0.3, -0.25) is 4.79 Å². The number of carbonyl (C=O) groups excluding carboxylic acids is 1. The van der Waals surface area contributed by atoms with Gasteiger partial charge in [-0.2, -0.15) is 0 Å². The van der Waals surface area contributed by atoms with Gasteiger partial charge < -0.3 is 15.2 Å². The van der Waals surface area contributed by atoms with E-state index in [1.807, 2.05) is 55.5 Å². The van der Waals surface area contributed by atoms with Gasteiger partial charge in [0.1, 0.15) is 17.2 Å². The number of phenols is 1. The van der Waals surface area contributed by atoms with Crippen molar-refractivity contribution < 1.29 is 14.6 Å². The van der Waals surface area contributed by atoms with Gasteiger partial charge in [-0.1, -0.05) is 42.5 Å². The Kier molecular flexibility index (Phi) is 3.58. The number of hydrogen-bond acceptors (Lipinski definition) is 4. The Morgan fingerprint density at radius 1 is 1.04 bits per heavy atom. The largest absolute Gasteiger partial charge is 0.508 e. The SMILES string of the molecule is CC(=S)Nc1ccc2c(c1)C(=O)CC21c2ccccc2Oc2cc(O)ccc21. The summed E-state index contributed by atoms with van der Waals surface area (Å²) in [5.41, 5.74) is 3.68. The summed E-state index contributed by atoms with van der Waals surface area (Å²) in [6.45, 7) is 1.81. The number of phenolic OH excluding ortho intramolecular Hbond substituents is 1. The summed E-state index contributed by atoms with van der Waals surface area (Å²) in [4.78, 5) is 13.8. The fraction of sp³-hybridized carbons (Fsp3) is 0.130. The molecule has 5 rings (SSSR count). The molecule has 5 heteroatoms. The Morgan fingerprint density at radius 2 is 1.79 bits per heavy atom. The molecule has 1 unspecified atom stereocenters. The molecular formula is C23H17NO3S. The minimum Gasteiger partial charge on any atom is -0.508 e. The van der Waals surface area contributed by atoms with E-state index in [1.54, 1.807) is 12.1 Å². The van der Waals surface area contributed by atoms with Crippen LogP contribution in [0.25, 0.3) is 0 Å². The van der Waals surface area contributed by atoms with Crippen LogP contribution in [-0.2, 0) is 5.41 Å². The van der Waals surface area contributed by atoms with Crippen molar-refractivity contribution in [2.45, 2.75) is 18.8 Å². The number of ether oxygens (including phenoxy) is 1. The number of thiocarbonyl (C=S) groups is 1. The van der Waals surface area contributed by atoms with E-state index in [-0.39, 0.29) is 11.5 Å². The molecule has 3 aromatic rings. The molecule has 28 heavy (non-hydrogen) atoms. The lowest BCUT2D eigenvalue weighted by Gasteiger charge is -2.37. The number of anilines is 1. The number of aromatic hydroxyl groups is 1. The van der Waals surface area contributed by atoms with E-state index in [4.69, 9.17) is 17.0 Å². The third-order valence-electron chi connectivity index (χ3n) is 5.52. The Bertz CT molecular complexity index is 1170. The molecule has 4 nitrogen and oxygen atoms in total. The van der Waals surface area contributed by atoms with Crippen molar-refractivity contribution in [1.29, 1.82) is 0 Å². The van der Waals surface area contributed by atoms with Crippen LogP contribution in [-0.4, -0.2) is 15.9 Å². The highest BCUT2D eigenvalue weighted by molar-refractivity contribution is 7.80. The van der Waals surface area contributed by atoms with Crippen molar-refractivity contribution in [3.05, 3.63) is 82.9 Å². The van der Waals surface area contributed by atoms with Crippen LogP contribution in [0, 0.1) is 0 Å². The molecule has 1 atom stereocenters. The zero-order valence-corrected chi connectivity index (χ0v) is 16.0. The smallest absolute Gasteiger partial charge is 0.164 e. The summed E-state index contributed by atoms with van der Waals surface area (Å²) in [5, 5.41) is 13.1. The summed E-state index contributed by atoms with van der Waals surface area (Å²) in [6.07, 6.45) is 0.320. The lowest BCUT2D eigenvalue weighted by Crippen LogP contribution is -2.30. The molecular weight excluding hydrogens is 370 g/mol. The first-order chi connectivity index (χ1) is 13.5. The van der Waals surface area contributed by atoms with Gasteiger partial charge in [0, 0.05) is 34.9 Å². The molecule has 2 N–H and O–H groups in total. The third kappa shape index (κ3) is 2.29. The van der Waals surface area contributed by atoms with E-state index in [0.717, 1.165) is 22.4 Å². The molecule has 0 saturated heterocycles. The average molecular weight is 387 g/mol. The number of rotatable bonds is 1. The minimum atomic E-state index is -0.629. The average Bonchev–Trinajstić information content (AvgIpc) is 2.94. The van der Waals surface area contributed by atoms with Crippen molar-refractivity contribution in [3.8, 4) is 17.2 Å². The van der Waals surface area contributed by atoms with Crippen LogP contribution >= 0.6 is 12.2 Å². The highest BCUT2D eigenvalue weighted by Gasteiger charge is 2.51. The predicted octanol–water partition coefficient (Wildman–Crippen LogP) is 5.18. The lowest BCUT2D eigenvalue weighted by atomic mass is 9.68. The van der Waals surface area contributed by atoms with Crippen LogP contribution in [0.3, 0.4) is 0 Å². The van der Waals surface area contributed by atoms with Crippen LogP contribution < -0.4 is 10.1 Å². The van der Waals surface area contributed by atoms with E-state index in [2.05, 4.69) is 5.32 Å². The van der Waals surface area contributed by atoms with Gasteiger partial charge in [0.15, 0.2) is 5.78 Å². The van der Waals surface area contributed by atoms with Gasteiger partial charge in [0.2, 0.25) is 0 Å². The summed E-state index contributed by atoms with van der Waals surface area (Å²) in [7, 11) is 0. The van der Waals surface area contributed by atoms with Crippen LogP contribution in [0.15, 0.2) is 60.7 Å². The molecule has 1 heterocycles. The molecule has 3 aromatic carbocycles. The number of benzene rings is 3. The Balaban J connectivity index is 1.80. The van der Waals surface area contributed by atoms with Crippen molar-refractivity contribution >= 4 is 28.7 Å². The van der Waals surface area contributed by atoms with Gasteiger partial charge in [0.05, 0.1) is 10.4 Å². The number of hydrogen-bond donors (Lipinski definition) is 2. The van der Waals surface area contributed by atoms with Gasteiger partial charge in [0.25, 0.3) is 0 Å². The van der Waals surface area contributed by atoms with E-state index in [1.165, 1.54) is 0 Å². The topological polar surface area (TPSA) is 58.6 Å². The maximum atomic E-state index is 13.1. The molecule has 2 aliphatic rings. The highest BCUT2D eigenvalue weighted by Crippen LogP contribution is 2.57. The lowest BCUT2D eigenvalue weighted by molar-refractivity contribution is 0.0983. The molecule has 0 bridgehead atoms. The standard InChI is InChI=1S/C23H17NO3S/c1-13(28)24-14-6-8-17-16(10-14)20(26)12-23(17)18-4-2-3-5-21(18)27-22-11-15(25)7-9-19(22)23/h2-11,25H,12H2,1H3,(H,24,28). The number of fused-ring (bicyclic) bond motifs is 6.